The van der Waals surface area contributed by atoms with Gasteiger partial charge < -0.3 is 4.42 Å². The van der Waals surface area contributed by atoms with Crippen LogP contribution in [0.5, 0.6) is 0 Å². The van der Waals surface area contributed by atoms with Gasteiger partial charge in [-0.25, -0.2) is 8.42 Å². The lowest BCUT2D eigenvalue weighted by molar-refractivity contribution is -0.137. The number of hydrogen-bond donors (Lipinski definition) is 0. The third-order valence-electron chi connectivity index (χ3n) is 4.86. The van der Waals surface area contributed by atoms with Crippen LogP contribution in [0, 0.1) is 6.92 Å². The molecule has 0 unspecified atom stereocenters. The molecule has 1 aliphatic heterocycles. The van der Waals surface area contributed by atoms with Crippen molar-refractivity contribution < 1.29 is 26.0 Å². The van der Waals surface area contributed by atoms with E-state index >= 15 is 0 Å². The molecule has 2 aromatic heterocycles. The van der Waals surface area contributed by atoms with Gasteiger partial charge >= 0.3 is 6.18 Å². The van der Waals surface area contributed by atoms with Crippen LogP contribution in [0.1, 0.15) is 36.0 Å². The highest BCUT2D eigenvalue weighted by molar-refractivity contribution is 7.89. The normalized spacial score (nSPS) is 18.1. The Hall–Kier alpha value is -2.79. The van der Waals surface area contributed by atoms with Crippen molar-refractivity contribution in [2.24, 2.45) is 0 Å². The average Bonchev–Trinajstić information content (AvgIpc) is 3.38. The summed E-state index contributed by atoms with van der Waals surface area (Å²) in [6.07, 6.45) is -2.13. The van der Waals surface area contributed by atoms with Crippen molar-refractivity contribution >= 4 is 10.0 Å². The minimum absolute atomic E-state index is 0.0959. The summed E-state index contributed by atoms with van der Waals surface area (Å²) in [4.78, 5) is 3.73. The van der Waals surface area contributed by atoms with E-state index in [0.29, 0.717) is 24.5 Å². The van der Waals surface area contributed by atoms with Gasteiger partial charge in [0.1, 0.15) is 6.04 Å². The van der Waals surface area contributed by atoms with Crippen molar-refractivity contribution in [2.75, 3.05) is 6.54 Å². The van der Waals surface area contributed by atoms with Gasteiger partial charge in [-0.1, -0.05) is 6.07 Å². The third-order valence-corrected chi connectivity index (χ3v) is 6.76. The molecule has 0 amide bonds. The largest absolute Gasteiger partial charge is 0.419 e. The van der Waals surface area contributed by atoms with Crippen molar-refractivity contribution in [1.82, 2.24) is 19.5 Å². The van der Waals surface area contributed by atoms with Gasteiger partial charge in [-0.05, 0) is 50.1 Å². The molecule has 30 heavy (non-hydrogen) atoms. The molecule has 0 aliphatic carbocycles. The molecule has 1 atom stereocenters. The minimum Gasteiger partial charge on any atom is -0.419 e. The van der Waals surface area contributed by atoms with E-state index in [0.717, 1.165) is 28.2 Å². The van der Waals surface area contributed by atoms with Crippen molar-refractivity contribution in [3.05, 3.63) is 59.7 Å². The fourth-order valence-corrected chi connectivity index (χ4v) is 5.02. The molecule has 11 heteroatoms. The number of nitrogens with zero attached hydrogens (tertiary/aromatic N) is 4. The number of aromatic nitrogens is 3. The van der Waals surface area contributed by atoms with E-state index in [4.69, 9.17) is 4.42 Å². The van der Waals surface area contributed by atoms with E-state index in [9.17, 15) is 21.6 Å². The Kier molecular flexibility index (Phi) is 5.10. The molecule has 0 saturated carbocycles. The van der Waals surface area contributed by atoms with Gasteiger partial charge in [0.15, 0.2) is 0 Å². The van der Waals surface area contributed by atoms with Gasteiger partial charge in [0, 0.05) is 18.4 Å². The molecule has 3 aromatic rings. The lowest BCUT2D eigenvalue weighted by Crippen LogP contribution is -2.31. The van der Waals surface area contributed by atoms with Crippen LogP contribution >= 0.6 is 0 Å². The first kappa shape index (κ1) is 20.5. The van der Waals surface area contributed by atoms with Gasteiger partial charge in [-0.3, -0.25) is 4.98 Å². The molecular formula is C19H17F3N4O3S. The first-order valence-corrected chi connectivity index (χ1v) is 10.6. The molecular weight excluding hydrogens is 421 g/mol. The number of alkyl halides is 3. The maximum absolute atomic E-state index is 13.1. The molecule has 1 aromatic carbocycles. The maximum Gasteiger partial charge on any atom is 0.416 e. The zero-order valence-electron chi connectivity index (χ0n) is 15.8. The number of pyridine rings is 1. The van der Waals surface area contributed by atoms with E-state index in [1.54, 1.807) is 18.3 Å². The summed E-state index contributed by atoms with van der Waals surface area (Å²) in [7, 11) is -4.19. The molecule has 0 bridgehead atoms. The molecule has 3 heterocycles. The van der Waals surface area contributed by atoms with E-state index in [1.165, 1.54) is 0 Å². The second-order valence-corrected chi connectivity index (χ2v) is 8.82. The third kappa shape index (κ3) is 3.82. The number of benzene rings is 1. The maximum atomic E-state index is 13.1. The van der Waals surface area contributed by atoms with Crippen molar-refractivity contribution in [3.63, 3.8) is 0 Å². The number of rotatable bonds is 4. The molecule has 0 radical (unpaired) electrons. The van der Waals surface area contributed by atoms with Crippen LogP contribution in [0.15, 0.2) is 51.9 Å². The van der Waals surface area contributed by atoms with Crippen LogP contribution in [0.25, 0.3) is 11.5 Å². The van der Waals surface area contributed by atoms with Gasteiger partial charge in [0.25, 0.3) is 0 Å². The number of aryl methyl sites for hydroxylation is 1. The summed E-state index contributed by atoms with van der Waals surface area (Å²) in [6.45, 7) is 1.98. The summed E-state index contributed by atoms with van der Waals surface area (Å²) in [6, 6.07) is 6.49. The standard InChI is InChI=1S/C19H17F3N4O3S/c1-12-7-8-13(11-23-12)17-24-25-18(29-17)16-6-3-9-26(16)30(27,28)15-5-2-4-14(10-15)19(20,21)22/h2,4-5,7-8,10-11,16H,3,6,9H2,1H3/t16-/m0/s1. The average molecular weight is 438 g/mol. The highest BCUT2D eigenvalue weighted by Gasteiger charge is 2.40. The van der Waals surface area contributed by atoms with Crippen LogP contribution in [-0.2, 0) is 16.2 Å². The Labute approximate surface area is 170 Å². The van der Waals surface area contributed by atoms with Crippen LogP contribution in [-0.4, -0.2) is 34.4 Å². The Morgan fingerprint density at radius 1 is 1.17 bits per heavy atom. The van der Waals surface area contributed by atoms with Gasteiger partial charge in [-0.15, -0.1) is 10.2 Å². The summed E-state index contributed by atoms with van der Waals surface area (Å²) in [5.74, 6) is 0.291. The van der Waals surface area contributed by atoms with E-state index in [-0.39, 0.29) is 18.3 Å². The predicted molar refractivity (Wildman–Crippen MR) is 99.6 cm³/mol. The van der Waals surface area contributed by atoms with E-state index in [1.807, 2.05) is 6.92 Å². The predicted octanol–water partition coefficient (Wildman–Crippen LogP) is 3.98. The van der Waals surface area contributed by atoms with Gasteiger partial charge in [-0.2, -0.15) is 17.5 Å². The van der Waals surface area contributed by atoms with E-state index in [2.05, 4.69) is 15.2 Å². The number of halogens is 3. The lowest BCUT2D eigenvalue weighted by atomic mass is 10.2. The Morgan fingerprint density at radius 2 is 1.97 bits per heavy atom. The van der Waals surface area contributed by atoms with Crippen molar-refractivity contribution in [1.29, 1.82) is 0 Å². The fraction of sp³-hybridized carbons (Fsp3) is 0.316. The summed E-state index contributed by atoms with van der Waals surface area (Å²) in [5, 5.41) is 7.95. The minimum atomic E-state index is -4.64. The second-order valence-electron chi connectivity index (χ2n) is 6.93. The molecule has 1 saturated heterocycles. The molecule has 1 fully saturated rings. The van der Waals surface area contributed by atoms with Crippen LogP contribution < -0.4 is 0 Å². The molecule has 4 rings (SSSR count). The van der Waals surface area contributed by atoms with Crippen LogP contribution in [0.3, 0.4) is 0 Å². The first-order valence-electron chi connectivity index (χ1n) is 9.12. The van der Waals surface area contributed by atoms with E-state index < -0.39 is 32.7 Å². The van der Waals surface area contributed by atoms with Crippen LogP contribution in [0.2, 0.25) is 0 Å². The molecule has 0 N–H and O–H groups in total. The number of hydrogen-bond acceptors (Lipinski definition) is 6. The first-order chi connectivity index (χ1) is 14.2. The topological polar surface area (TPSA) is 89.2 Å². The summed E-state index contributed by atoms with van der Waals surface area (Å²) >= 11 is 0. The monoisotopic (exact) mass is 438 g/mol. The Balaban J connectivity index is 1.65. The summed E-state index contributed by atoms with van der Waals surface area (Å²) in [5.41, 5.74) is 0.378. The van der Waals surface area contributed by atoms with Gasteiger partial charge in [0.2, 0.25) is 21.8 Å². The number of sulfonamides is 1. The van der Waals surface area contributed by atoms with Crippen molar-refractivity contribution in [2.45, 2.75) is 36.9 Å². The zero-order valence-corrected chi connectivity index (χ0v) is 16.6. The fourth-order valence-electron chi connectivity index (χ4n) is 3.32. The molecule has 7 nitrogen and oxygen atoms in total. The molecule has 1 aliphatic rings. The van der Waals surface area contributed by atoms with Gasteiger partial charge in [0.05, 0.1) is 16.0 Å². The van der Waals surface area contributed by atoms with Crippen molar-refractivity contribution in [3.8, 4) is 11.5 Å². The molecule has 158 valence electrons. The Bertz CT molecular complexity index is 1160. The highest BCUT2D eigenvalue weighted by Crippen LogP contribution is 2.38. The smallest absolute Gasteiger partial charge is 0.416 e. The zero-order chi connectivity index (χ0) is 21.5. The second kappa shape index (κ2) is 7.47. The quantitative estimate of drug-likeness (QED) is 0.612. The summed E-state index contributed by atoms with van der Waals surface area (Å²) < 4.78 is 72.0. The lowest BCUT2D eigenvalue weighted by Gasteiger charge is -2.22. The highest BCUT2D eigenvalue weighted by atomic mass is 32.2. The molecule has 0 spiro atoms. The SMILES string of the molecule is Cc1ccc(-c2nnc([C@@H]3CCCN3S(=O)(=O)c3cccc(C(F)(F)F)c3)o2)cn1. The van der Waals surface area contributed by atoms with Crippen LogP contribution in [0.4, 0.5) is 13.2 Å². The Morgan fingerprint density at radius 3 is 2.67 bits per heavy atom.